The summed E-state index contributed by atoms with van der Waals surface area (Å²) in [5.41, 5.74) is 3.44. The standard InChI is InChI=1S/C18H19NO4S/c1-11-9-13(22-3)10-12(2)14(11)5-6-16(20)19-15-7-8-24-17(15)18(21)23-4/h5-10H,1-4H3,(H,19,20)/b6-5+. The van der Waals surface area contributed by atoms with Crippen molar-refractivity contribution in [1.82, 2.24) is 0 Å². The number of methoxy groups -OCH3 is 2. The van der Waals surface area contributed by atoms with Gasteiger partial charge in [0.1, 0.15) is 10.6 Å². The van der Waals surface area contributed by atoms with Crippen LogP contribution < -0.4 is 10.1 Å². The Kier molecular flexibility index (Phi) is 5.76. The summed E-state index contributed by atoms with van der Waals surface area (Å²) in [5.74, 6) is 0.00638. The third-order valence-corrected chi connectivity index (χ3v) is 4.39. The quantitative estimate of drug-likeness (QED) is 0.661. The second kappa shape index (κ2) is 7.79. The molecule has 0 unspecified atom stereocenters. The zero-order valence-electron chi connectivity index (χ0n) is 14.0. The maximum absolute atomic E-state index is 12.1. The molecule has 24 heavy (non-hydrogen) atoms. The largest absolute Gasteiger partial charge is 0.497 e. The molecule has 0 saturated carbocycles. The predicted octanol–water partition coefficient (Wildman–Crippen LogP) is 3.81. The molecule has 0 spiro atoms. The van der Waals surface area contributed by atoms with E-state index in [0.717, 1.165) is 22.4 Å². The fourth-order valence-corrected chi connectivity index (χ4v) is 3.07. The fraction of sp³-hybridized carbons (Fsp3) is 0.222. The van der Waals surface area contributed by atoms with Crippen molar-refractivity contribution in [2.75, 3.05) is 19.5 Å². The first kappa shape index (κ1) is 17.7. The van der Waals surface area contributed by atoms with Gasteiger partial charge in [0.25, 0.3) is 0 Å². The van der Waals surface area contributed by atoms with Crippen LogP contribution in [0.5, 0.6) is 5.75 Å². The van der Waals surface area contributed by atoms with Crippen molar-refractivity contribution in [2.45, 2.75) is 13.8 Å². The van der Waals surface area contributed by atoms with E-state index in [4.69, 9.17) is 4.74 Å². The number of benzene rings is 1. The summed E-state index contributed by atoms with van der Waals surface area (Å²) in [6, 6.07) is 5.50. The number of carbonyl (C=O) groups is 2. The van der Waals surface area contributed by atoms with Gasteiger partial charge in [-0.05, 0) is 60.2 Å². The van der Waals surface area contributed by atoms with Crippen molar-refractivity contribution in [3.8, 4) is 5.75 Å². The lowest BCUT2D eigenvalue weighted by molar-refractivity contribution is -0.111. The Morgan fingerprint density at radius 2 is 1.83 bits per heavy atom. The highest BCUT2D eigenvalue weighted by Crippen LogP contribution is 2.24. The van der Waals surface area contributed by atoms with Gasteiger partial charge in [-0.1, -0.05) is 0 Å². The Balaban J connectivity index is 2.15. The SMILES string of the molecule is COC(=O)c1sccc1NC(=O)/C=C/c1c(C)cc(OC)cc1C. The monoisotopic (exact) mass is 345 g/mol. The van der Waals surface area contributed by atoms with Crippen LogP contribution in [0.25, 0.3) is 6.08 Å². The van der Waals surface area contributed by atoms with Crippen LogP contribution in [-0.4, -0.2) is 26.1 Å². The molecular formula is C18H19NO4S. The molecule has 0 aliphatic rings. The van der Waals surface area contributed by atoms with E-state index in [1.807, 2.05) is 26.0 Å². The lowest BCUT2D eigenvalue weighted by Gasteiger charge is -2.09. The molecule has 6 heteroatoms. The van der Waals surface area contributed by atoms with Gasteiger partial charge in [-0.25, -0.2) is 4.79 Å². The summed E-state index contributed by atoms with van der Waals surface area (Å²) < 4.78 is 9.92. The Morgan fingerprint density at radius 1 is 1.17 bits per heavy atom. The van der Waals surface area contributed by atoms with E-state index < -0.39 is 5.97 Å². The molecule has 2 aromatic rings. The van der Waals surface area contributed by atoms with Crippen LogP contribution >= 0.6 is 11.3 Å². The molecule has 1 aromatic heterocycles. The number of rotatable bonds is 5. The summed E-state index contributed by atoms with van der Waals surface area (Å²) in [5, 5.41) is 4.42. The number of nitrogens with one attached hydrogen (secondary N) is 1. The third kappa shape index (κ3) is 4.02. The zero-order valence-corrected chi connectivity index (χ0v) is 14.8. The molecule has 0 aliphatic heterocycles. The van der Waals surface area contributed by atoms with Gasteiger partial charge < -0.3 is 14.8 Å². The number of carbonyl (C=O) groups excluding carboxylic acids is 2. The van der Waals surface area contributed by atoms with E-state index in [0.29, 0.717) is 10.6 Å². The number of hydrogen-bond donors (Lipinski definition) is 1. The van der Waals surface area contributed by atoms with E-state index >= 15 is 0 Å². The smallest absolute Gasteiger partial charge is 0.350 e. The number of esters is 1. The van der Waals surface area contributed by atoms with Crippen molar-refractivity contribution < 1.29 is 19.1 Å². The zero-order chi connectivity index (χ0) is 17.7. The fourth-order valence-electron chi connectivity index (χ4n) is 2.31. The average Bonchev–Trinajstić information content (AvgIpc) is 3.01. The maximum atomic E-state index is 12.1. The van der Waals surface area contributed by atoms with Gasteiger partial charge in [-0.3, -0.25) is 4.79 Å². The summed E-state index contributed by atoms with van der Waals surface area (Å²) >= 11 is 1.22. The lowest BCUT2D eigenvalue weighted by Crippen LogP contribution is -2.11. The highest BCUT2D eigenvalue weighted by atomic mass is 32.1. The molecule has 1 aromatic carbocycles. The minimum atomic E-state index is -0.467. The second-order valence-electron chi connectivity index (χ2n) is 5.15. The van der Waals surface area contributed by atoms with Crippen molar-refractivity contribution >= 4 is 35.0 Å². The number of aryl methyl sites for hydroxylation is 2. The van der Waals surface area contributed by atoms with E-state index in [-0.39, 0.29) is 5.91 Å². The van der Waals surface area contributed by atoms with Gasteiger partial charge >= 0.3 is 5.97 Å². The highest BCUT2D eigenvalue weighted by molar-refractivity contribution is 7.12. The molecular weight excluding hydrogens is 326 g/mol. The van der Waals surface area contributed by atoms with Crippen molar-refractivity contribution in [2.24, 2.45) is 0 Å². The number of hydrogen-bond acceptors (Lipinski definition) is 5. The second-order valence-corrected chi connectivity index (χ2v) is 6.07. The Hall–Kier alpha value is -2.60. The maximum Gasteiger partial charge on any atom is 0.350 e. The van der Waals surface area contributed by atoms with Crippen LogP contribution in [-0.2, 0) is 9.53 Å². The molecule has 0 saturated heterocycles. The molecule has 1 amide bonds. The van der Waals surface area contributed by atoms with Crippen molar-refractivity contribution in [1.29, 1.82) is 0 Å². The molecule has 0 atom stereocenters. The number of ether oxygens (including phenoxy) is 2. The number of thiophene rings is 1. The Bertz CT molecular complexity index is 769. The van der Waals surface area contributed by atoms with E-state index in [2.05, 4.69) is 10.1 Å². The van der Waals surface area contributed by atoms with Crippen LogP contribution in [0.2, 0.25) is 0 Å². The number of anilines is 1. The third-order valence-electron chi connectivity index (χ3n) is 3.50. The summed E-state index contributed by atoms with van der Waals surface area (Å²) in [4.78, 5) is 24.1. The van der Waals surface area contributed by atoms with Gasteiger partial charge in [-0.2, -0.15) is 0 Å². The molecule has 0 radical (unpaired) electrons. The van der Waals surface area contributed by atoms with Gasteiger partial charge in [-0.15, -0.1) is 11.3 Å². The number of amides is 1. The van der Waals surface area contributed by atoms with Crippen LogP contribution in [0.1, 0.15) is 26.4 Å². The van der Waals surface area contributed by atoms with Gasteiger partial charge in [0.05, 0.1) is 19.9 Å². The van der Waals surface area contributed by atoms with Gasteiger partial charge in [0.15, 0.2) is 0 Å². The van der Waals surface area contributed by atoms with Crippen LogP contribution in [0.3, 0.4) is 0 Å². The first-order valence-corrected chi connectivity index (χ1v) is 8.14. The highest BCUT2D eigenvalue weighted by Gasteiger charge is 2.14. The minimum absolute atomic E-state index is 0.312. The minimum Gasteiger partial charge on any atom is -0.497 e. The summed E-state index contributed by atoms with van der Waals surface area (Å²) in [6.45, 7) is 3.92. The Morgan fingerprint density at radius 3 is 2.42 bits per heavy atom. The Labute approximate surface area is 144 Å². The lowest BCUT2D eigenvalue weighted by atomic mass is 10.0. The average molecular weight is 345 g/mol. The van der Waals surface area contributed by atoms with E-state index in [9.17, 15) is 9.59 Å². The topological polar surface area (TPSA) is 64.6 Å². The van der Waals surface area contributed by atoms with Crippen molar-refractivity contribution in [3.05, 3.63) is 51.2 Å². The normalized spacial score (nSPS) is 10.7. The molecule has 126 valence electrons. The van der Waals surface area contributed by atoms with Crippen LogP contribution in [0.4, 0.5) is 5.69 Å². The first-order valence-electron chi connectivity index (χ1n) is 7.26. The molecule has 5 nitrogen and oxygen atoms in total. The summed E-state index contributed by atoms with van der Waals surface area (Å²) in [7, 11) is 2.93. The molecule has 0 fully saturated rings. The van der Waals surface area contributed by atoms with E-state index in [1.165, 1.54) is 24.5 Å². The predicted molar refractivity (Wildman–Crippen MR) is 95.8 cm³/mol. The molecule has 2 rings (SSSR count). The van der Waals surface area contributed by atoms with Crippen molar-refractivity contribution in [3.63, 3.8) is 0 Å². The summed E-state index contributed by atoms with van der Waals surface area (Å²) in [6.07, 6.45) is 3.20. The molecule has 0 aliphatic carbocycles. The van der Waals surface area contributed by atoms with E-state index in [1.54, 1.807) is 24.6 Å². The van der Waals surface area contributed by atoms with Gasteiger partial charge in [0, 0.05) is 6.08 Å². The first-order chi connectivity index (χ1) is 11.5. The molecule has 1 heterocycles. The molecule has 0 bridgehead atoms. The van der Waals surface area contributed by atoms with Gasteiger partial charge in [0.2, 0.25) is 5.91 Å². The van der Waals surface area contributed by atoms with Crippen LogP contribution in [0.15, 0.2) is 29.7 Å². The molecule has 1 N–H and O–H groups in total. The van der Waals surface area contributed by atoms with Crippen LogP contribution in [0, 0.1) is 13.8 Å².